The van der Waals surface area contributed by atoms with Gasteiger partial charge in [-0.25, -0.2) is 4.79 Å². The Bertz CT molecular complexity index is 402. The lowest BCUT2D eigenvalue weighted by Crippen LogP contribution is -2.34. The molecule has 1 aliphatic rings. The molecule has 3 nitrogen and oxygen atoms in total. The van der Waals surface area contributed by atoms with E-state index in [1.54, 1.807) is 0 Å². The molecule has 84 valence electrons. The molecule has 1 aliphatic heterocycles. The van der Waals surface area contributed by atoms with Crippen LogP contribution in [0, 0.1) is 5.92 Å². The van der Waals surface area contributed by atoms with Gasteiger partial charge in [0.25, 0.3) is 0 Å². The number of esters is 1. The quantitative estimate of drug-likeness (QED) is 0.585. The third-order valence-electron chi connectivity index (χ3n) is 2.63. The van der Waals surface area contributed by atoms with Crippen LogP contribution >= 0.6 is 11.8 Å². The largest absolute Gasteiger partial charge is 0.384 e. The molecule has 2 rings (SSSR count). The fraction of sp³-hybridized carbons (Fsp3) is 0.333. The Balaban J connectivity index is 2.09. The van der Waals surface area contributed by atoms with Gasteiger partial charge in [0.05, 0.1) is 5.92 Å². The van der Waals surface area contributed by atoms with Gasteiger partial charge in [0.1, 0.15) is 0 Å². The first kappa shape index (κ1) is 11.2. The summed E-state index contributed by atoms with van der Waals surface area (Å²) in [6.07, 6.45) is 0.626. The Morgan fingerprint density at radius 2 is 1.94 bits per heavy atom. The van der Waals surface area contributed by atoms with Crippen LogP contribution in [0.15, 0.2) is 30.3 Å². The topological polar surface area (TPSA) is 43.4 Å². The summed E-state index contributed by atoms with van der Waals surface area (Å²) in [6, 6.07) is 9.76. The van der Waals surface area contributed by atoms with Gasteiger partial charge in [0.15, 0.2) is 0 Å². The predicted octanol–water partition coefficient (Wildman–Crippen LogP) is 2.64. The Labute approximate surface area is 98.2 Å². The summed E-state index contributed by atoms with van der Waals surface area (Å²) in [4.78, 5) is 22.6. The smallest absolute Gasteiger partial charge is 0.375 e. The molecular formula is C12H12O3S. The van der Waals surface area contributed by atoms with Crippen LogP contribution in [0.25, 0.3) is 0 Å². The second kappa shape index (κ2) is 4.70. The Hall–Kier alpha value is -1.29. The molecule has 2 unspecified atom stereocenters. The number of hydrogen-bond donors (Lipinski definition) is 0. The normalized spacial score (nSPS) is 25.3. The second-order valence-electron chi connectivity index (χ2n) is 3.79. The third-order valence-corrected chi connectivity index (χ3v) is 3.61. The minimum absolute atomic E-state index is 0.0195. The molecule has 2 atom stereocenters. The van der Waals surface area contributed by atoms with Crippen molar-refractivity contribution in [3.05, 3.63) is 35.9 Å². The molecular weight excluding hydrogens is 224 g/mol. The van der Waals surface area contributed by atoms with Gasteiger partial charge in [-0.3, -0.25) is 4.79 Å². The number of carbonyl (C=O) groups is 2. The molecule has 0 aliphatic carbocycles. The van der Waals surface area contributed by atoms with Crippen LogP contribution in [0.2, 0.25) is 0 Å². The molecule has 0 spiro atoms. The molecule has 0 radical (unpaired) electrons. The summed E-state index contributed by atoms with van der Waals surface area (Å²) in [5.41, 5.74) is 1.09. The summed E-state index contributed by atoms with van der Waals surface area (Å²) in [7, 11) is 0. The van der Waals surface area contributed by atoms with Gasteiger partial charge in [-0.1, -0.05) is 37.3 Å². The molecule has 1 heterocycles. The van der Waals surface area contributed by atoms with Crippen molar-refractivity contribution in [2.45, 2.75) is 18.6 Å². The fourth-order valence-corrected chi connectivity index (χ4v) is 2.53. The lowest BCUT2D eigenvalue weighted by Gasteiger charge is -2.25. The van der Waals surface area contributed by atoms with E-state index in [0.717, 1.165) is 17.3 Å². The van der Waals surface area contributed by atoms with Gasteiger partial charge in [-0.2, -0.15) is 0 Å². The maximum atomic E-state index is 11.6. The fourth-order valence-electron chi connectivity index (χ4n) is 1.72. The van der Waals surface area contributed by atoms with Crippen molar-refractivity contribution in [1.82, 2.24) is 0 Å². The minimum Gasteiger partial charge on any atom is -0.384 e. The number of carbonyl (C=O) groups excluding carboxylic acids is 2. The molecule has 0 saturated carbocycles. The van der Waals surface area contributed by atoms with Gasteiger partial charge >= 0.3 is 11.3 Å². The van der Waals surface area contributed by atoms with Crippen molar-refractivity contribution < 1.29 is 14.3 Å². The highest BCUT2D eigenvalue weighted by molar-refractivity contribution is 8.13. The highest BCUT2D eigenvalue weighted by atomic mass is 32.2. The standard InChI is InChI=1S/C12H12O3S/c1-8-10(11(13)15-12(14)16-8)7-9-5-3-2-4-6-9/h2-6,8,10H,7H2,1H3. The van der Waals surface area contributed by atoms with Gasteiger partial charge < -0.3 is 4.74 Å². The van der Waals surface area contributed by atoms with E-state index in [0.29, 0.717) is 6.42 Å². The van der Waals surface area contributed by atoms with Crippen LogP contribution in [-0.2, 0) is 16.0 Å². The minimum atomic E-state index is -0.484. The van der Waals surface area contributed by atoms with Crippen molar-refractivity contribution in [1.29, 1.82) is 0 Å². The van der Waals surface area contributed by atoms with Crippen molar-refractivity contribution in [2.75, 3.05) is 0 Å². The van der Waals surface area contributed by atoms with Gasteiger partial charge in [-0.05, 0) is 23.7 Å². The van der Waals surface area contributed by atoms with Crippen LogP contribution in [0.3, 0.4) is 0 Å². The summed E-state index contributed by atoms with van der Waals surface area (Å²) >= 11 is 1.09. The van der Waals surface area contributed by atoms with Crippen LogP contribution in [0.4, 0.5) is 4.79 Å². The molecule has 1 aromatic rings. The van der Waals surface area contributed by atoms with E-state index >= 15 is 0 Å². The highest BCUT2D eigenvalue weighted by Crippen LogP contribution is 2.30. The van der Waals surface area contributed by atoms with Crippen molar-refractivity contribution in [3.8, 4) is 0 Å². The number of benzene rings is 1. The number of rotatable bonds is 2. The number of hydrogen-bond acceptors (Lipinski definition) is 4. The molecule has 0 N–H and O–H groups in total. The maximum absolute atomic E-state index is 11.6. The van der Waals surface area contributed by atoms with Crippen molar-refractivity contribution in [3.63, 3.8) is 0 Å². The van der Waals surface area contributed by atoms with Crippen LogP contribution in [-0.4, -0.2) is 16.5 Å². The molecule has 0 aromatic heterocycles. The average molecular weight is 236 g/mol. The molecule has 1 aromatic carbocycles. The van der Waals surface area contributed by atoms with Gasteiger partial charge in [0, 0.05) is 5.25 Å². The summed E-state index contributed by atoms with van der Waals surface area (Å²) < 4.78 is 4.63. The van der Waals surface area contributed by atoms with E-state index in [2.05, 4.69) is 4.74 Å². The monoisotopic (exact) mass is 236 g/mol. The van der Waals surface area contributed by atoms with E-state index < -0.39 is 11.3 Å². The predicted molar refractivity (Wildman–Crippen MR) is 62.2 cm³/mol. The first-order chi connectivity index (χ1) is 7.66. The van der Waals surface area contributed by atoms with Crippen LogP contribution in [0.1, 0.15) is 12.5 Å². The zero-order valence-electron chi connectivity index (χ0n) is 8.88. The second-order valence-corrected chi connectivity index (χ2v) is 5.10. The summed E-state index contributed by atoms with van der Waals surface area (Å²) in [6.45, 7) is 1.89. The number of ether oxygens (including phenoxy) is 1. The van der Waals surface area contributed by atoms with E-state index in [4.69, 9.17) is 0 Å². The molecule has 1 saturated heterocycles. The number of cyclic esters (lactones) is 2. The zero-order chi connectivity index (χ0) is 11.5. The average Bonchev–Trinajstić information content (AvgIpc) is 2.25. The van der Waals surface area contributed by atoms with E-state index in [1.807, 2.05) is 37.3 Å². The Kier molecular flexibility index (Phi) is 3.29. The molecule has 0 bridgehead atoms. The Morgan fingerprint density at radius 1 is 1.25 bits per heavy atom. The molecule has 4 heteroatoms. The lowest BCUT2D eigenvalue weighted by molar-refractivity contribution is -0.141. The molecule has 1 fully saturated rings. The van der Waals surface area contributed by atoms with Gasteiger partial charge in [0.2, 0.25) is 0 Å². The summed E-state index contributed by atoms with van der Waals surface area (Å²) in [5, 5.41) is -0.504. The van der Waals surface area contributed by atoms with Gasteiger partial charge in [-0.15, -0.1) is 0 Å². The molecule has 16 heavy (non-hydrogen) atoms. The maximum Gasteiger partial charge on any atom is 0.375 e. The zero-order valence-corrected chi connectivity index (χ0v) is 9.70. The Morgan fingerprint density at radius 3 is 2.56 bits per heavy atom. The van der Waals surface area contributed by atoms with E-state index in [9.17, 15) is 9.59 Å². The highest BCUT2D eigenvalue weighted by Gasteiger charge is 2.35. The van der Waals surface area contributed by atoms with Crippen molar-refractivity contribution >= 4 is 23.0 Å². The first-order valence-corrected chi connectivity index (χ1v) is 6.01. The third kappa shape index (κ3) is 2.44. The summed E-state index contributed by atoms with van der Waals surface area (Å²) in [5.74, 6) is -0.634. The molecule has 0 amide bonds. The SMILES string of the molecule is CC1SC(=O)OC(=O)C1Cc1ccccc1. The van der Waals surface area contributed by atoms with E-state index in [1.165, 1.54) is 0 Å². The van der Waals surface area contributed by atoms with Crippen LogP contribution in [0.5, 0.6) is 0 Å². The number of thioether (sulfide) groups is 1. The lowest BCUT2D eigenvalue weighted by atomic mass is 9.96. The van der Waals surface area contributed by atoms with Crippen molar-refractivity contribution in [2.24, 2.45) is 5.92 Å². The first-order valence-electron chi connectivity index (χ1n) is 5.13. The van der Waals surface area contributed by atoms with Crippen LogP contribution < -0.4 is 0 Å². The van der Waals surface area contributed by atoms with E-state index in [-0.39, 0.29) is 11.2 Å².